The fourth-order valence-electron chi connectivity index (χ4n) is 3.80. The molecule has 0 bridgehead atoms. The minimum Gasteiger partial charge on any atom is -0.494 e. The van der Waals surface area contributed by atoms with Crippen LogP contribution in [0.2, 0.25) is 0 Å². The minimum atomic E-state index is 0.552. The molecule has 0 unspecified atom stereocenters. The number of methoxy groups -OCH3 is 1. The lowest BCUT2D eigenvalue weighted by molar-refractivity contribution is 0.419. The van der Waals surface area contributed by atoms with E-state index in [1.807, 2.05) is 6.07 Å². The summed E-state index contributed by atoms with van der Waals surface area (Å²) in [6.07, 6.45) is 1.03. The Labute approximate surface area is 149 Å². The number of ether oxygens (including phenoxy) is 1. The lowest BCUT2D eigenvalue weighted by Gasteiger charge is -2.22. The number of fused-ring (bicyclic) bond motifs is 3. The van der Waals surface area contributed by atoms with E-state index in [-0.39, 0.29) is 0 Å². The molecule has 3 nitrogen and oxygen atoms in total. The van der Waals surface area contributed by atoms with Crippen LogP contribution in [0, 0.1) is 6.92 Å². The molecule has 1 aromatic heterocycles. The topological polar surface area (TPSA) is 25.4 Å². The molecule has 3 aromatic rings. The third-order valence-corrected chi connectivity index (χ3v) is 5.20. The summed E-state index contributed by atoms with van der Waals surface area (Å²) in [4.78, 5) is 7.26. The quantitative estimate of drug-likeness (QED) is 0.645. The van der Waals surface area contributed by atoms with Crippen LogP contribution < -0.4 is 9.64 Å². The number of benzene rings is 2. The SMILES string of the molecule is COc1cccc2c3c(c(C)nc12)CCN3c1ccc(C(C)C)cc1. The van der Waals surface area contributed by atoms with Gasteiger partial charge in [0, 0.05) is 23.3 Å². The maximum atomic E-state index is 5.54. The van der Waals surface area contributed by atoms with Gasteiger partial charge in [0.05, 0.1) is 12.8 Å². The second-order valence-corrected chi connectivity index (χ2v) is 7.03. The molecule has 0 radical (unpaired) electrons. The van der Waals surface area contributed by atoms with Crippen LogP contribution in [-0.2, 0) is 6.42 Å². The van der Waals surface area contributed by atoms with Crippen LogP contribution >= 0.6 is 0 Å². The molecular weight excluding hydrogens is 308 g/mol. The highest BCUT2D eigenvalue weighted by Gasteiger charge is 2.26. The highest BCUT2D eigenvalue weighted by Crippen LogP contribution is 2.42. The third-order valence-electron chi connectivity index (χ3n) is 5.20. The monoisotopic (exact) mass is 332 g/mol. The van der Waals surface area contributed by atoms with Crippen molar-refractivity contribution >= 4 is 22.3 Å². The van der Waals surface area contributed by atoms with Gasteiger partial charge < -0.3 is 9.64 Å². The Morgan fingerprint density at radius 1 is 1.08 bits per heavy atom. The first-order chi connectivity index (χ1) is 12.1. The van der Waals surface area contributed by atoms with Gasteiger partial charge in [0.1, 0.15) is 11.3 Å². The normalized spacial score (nSPS) is 13.6. The zero-order valence-corrected chi connectivity index (χ0v) is 15.3. The van der Waals surface area contributed by atoms with Crippen LogP contribution in [0.25, 0.3) is 10.9 Å². The maximum absolute atomic E-state index is 5.54. The molecule has 0 fully saturated rings. The van der Waals surface area contributed by atoms with Crippen LogP contribution in [-0.4, -0.2) is 18.6 Å². The van der Waals surface area contributed by atoms with Crippen molar-refractivity contribution < 1.29 is 4.74 Å². The van der Waals surface area contributed by atoms with Gasteiger partial charge in [-0.2, -0.15) is 0 Å². The van der Waals surface area contributed by atoms with Crippen molar-refractivity contribution in [3.63, 3.8) is 0 Å². The second-order valence-electron chi connectivity index (χ2n) is 7.03. The van der Waals surface area contributed by atoms with Crippen molar-refractivity contribution in [1.82, 2.24) is 4.98 Å². The molecule has 128 valence electrons. The Kier molecular flexibility index (Phi) is 3.87. The first-order valence-electron chi connectivity index (χ1n) is 8.94. The fraction of sp³-hybridized carbons (Fsp3) is 0.318. The predicted octanol–water partition coefficient (Wildman–Crippen LogP) is 5.37. The molecule has 0 spiro atoms. The maximum Gasteiger partial charge on any atom is 0.145 e. The van der Waals surface area contributed by atoms with Gasteiger partial charge in [0.2, 0.25) is 0 Å². The summed E-state index contributed by atoms with van der Waals surface area (Å²) in [5, 5.41) is 1.17. The van der Waals surface area contributed by atoms with Crippen molar-refractivity contribution in [3.8, 4) is 5.75 Å². The van der Waals surface area contributed by atoms with E-state index in [4.69, 9.17) is 9.72 Å². The standard InChI is InChI=1S/C22H24N2O/c1-14(2)16-8-10-17(11-9-16)24-13-12-18-15(3)23-21-19(22(18)24)6-5-7-20(21)25-4/h5-11,14H,12-13H2,1-4H3. The van der Waals surface area contributed by atoms with Gasteiger partial charge in [-0.3, -0.25) is 0 Å². The van der Waals surface area contributed by atoms with E-state index in [0.29, 0.717) is 5.92 Å². The summed E-state index contributed by atoms with van der Waals surface area (Å²) in [7, 11) is 1.71. The number of nitrogens with zero attached hydrogens (tertiary/aromatic N) is 2. The van der Waals surface area contributed by atoms with Gasteiger partial charge in [-0.05, 0) is 48.6 Å². The van der Waals surface area contributed by atoms with Crippen molar-refractivity contribution in [2.75, 3.05) is 18.6 Å². The van der Waals surface area contributed by atoms with Gasteiger partial charge >= 0.3 is 0 Å². The van der Waals surface area contributed by atoms with Crippen LogP contribution in [0.15, 0.2) is 42.5 Å². The Balaban J connectivity index is 1.89. The zero-order valence-electron chi connectivity index (χ0n) is 15.3. The molecule has 0 aliphatic carbocycles. The summed E-state index contributed by atoms with van der Waals surface area (Å²) in [5.41, 5.74) is 7.33. The molecule has 1 aliphatic heterocycles. The van der Waals surface area contributed by atoms with Crippen LogP contribution in [0.5, 0.6) is 5.75 Å². The molecule has 0 atom stereocenters. The summed E-state index contributed by atoms with van der Waals surface area (Å²) >= 11 is 0. The third kappa shape index (κ3) is 2.55. The van der Waals surface area contributed by atoms with E-state index in [0.717, 1.165) is 29.9 Å². The van der Waals surface area contributed by atoms with Gasteiger partial charge in [0.25, 0.3) is 0 Å². The average molecular weight is 332 g/mol. The summed E-state index contributed by atoms with van der Waals surface area (Å²) in [6, 6.07) is 15.2. The van der Waals surface area contributed by atoms with Crippen LogP contribution in [0.1, 0.15) is 36.6 Å². The van der Waals surface area contributed by atoms with Crippen LogP contribution in [0.3, 0.4) is 0 Å². The van der Waals surface area contributed by atoms with Gasteiger partial charge in [-0.15, -0.1) is 0 Å². The van der Waals surface area contributed by atoms with Crippen LogP contribution in [0.4, 0.5) is 11.4 Å². The first-order valence-corrected chi connectivity index (χ1v) is 8.94. The molecule has 2 aromatic carbocycles. The van der Waals surface area contributed by atoms with Crippen molar-refractivity contribution in [2.24, 2.45) is 0 Å². The van der Waals surface area contributed by atoms with E-state index in [1.165, 1.54) is 27.9 Å². The number of anilines is 2. The number of hydrogen-bond donors (Lipinski definition) is 0. The average Bonchev–Trinajstić information content (AvgIpc) is 3.07. The van der Waals surface area contributed by atoms with Gasteiger partial charge in [-0.1, -0.05) is 38.1 Å². The molecule has 4 rings (SSSR count). The number of pyridine rings is 1. The van der Waals surface area contributed by atoms with Crippen molar-refractivity contribution in [2.45, 2.75) is 33.1 Å². The highest BCUT2D eigenvalue weighted by atomic mass is 16.5. The van der Waals surface area contributed by atoms with Gasteiger partial charge in [-0.25, -0.2) is 4.98 Å². The highest BCUT2D eigenvalue weighted by molar-refractivity contribution is 6.00. The van der Waals surface area contributed by atoms with Gasteiger partial charge in [0.15, 0.2) is 0 Å². The lowest BCUT2D eigenvalue weighted by Crippen LogP contribution is -2.13. The Morgan fingerprint density at radius 3 is 2.52 bits per heavy atom. The smallest absolute Gasteiger partial charge is 0.145 e. The molecule has 0 saturated carbocycles. The van der Waals surface area contributed by atoms with E-state index in [9.17, 15) is 0 Å². The largest absolute Gasteiger partial charge is 0.494 e. The summed E-state index contributed by atoms with van der Waals surface area (Å²) in [6.45, 7) is 7.56. The Hall–Kier alpha value is -2.55. The molecule has 0 N–H and O–H groups in total. The molecular formula is C22H24N2O. The zero-order chi connectivity index (χ0) is 17.6. The molecule has 0 saturated heterocycles. The Bertz CT molecular complexity index is 929. The number of aryl methyl sites for hydroxylation is 1. The Morgan fingerprint density at radius 2 is 1.84 bits per heavy atom. The molecule has 2 heterocycles. The van der Waals surface area contributed by atoms with E-state index >= 15 is 0 Å². The molecule has 25 heavy (non-hydrogen) atoms. The first kappa shape index (κ1) is 15.9. The molecule has 3 heteroatoms. The fourth-order valence-corrected chi connectivity index (χ4v) is 3.80. The number of hydrogen-bond acceptors (Lipinski definition) is 3. The van der Waals surface area contributed by atoms with E-state index in [1.54, 1.807) is 7.11 Å². The van der Waals surface area contributed by atoms with E-state index in [2.05, 4.69) is 62.1 Å². The minimum absolute atomic E-state index is 0.552. The predicted molar refractivity (Wildman–Crippen MR) is 104 cm³/mol. The molecule has 0 amide bonds. The summed E-state index contributed by atoms with van der Waals surface area (Å²) < 4.78 is 5.54. The van der Waals surface area contributed by atoms with Crippen molar-refractivity contribution in [1.29, 1.82) is 0 Å². The molecule has 1 aliphatic rings. The van der Waals surface area contributed by atoms with Crippen molar-refractivity contribution in [3.05, 3.63) is 59.3 Å². The number of rotatable bonds is 3. The number of aromatic nitrogens is 1. The lowest BCUT2D eigenvalue weighted by atomic mass is 10.0. The second kappa shape index (κ2) is 6.07. The van der Waals surface area contributed by atoms with E-state index < -0.39 is 0 Å². The number of para-hydroxylation sites is 1. The summed E-state index contributed by atoms with van der Waals surface area (Å²) in [5.74, 6) is 1.39.